The van der Waals surface area contributed by atoms with Gasteiger partial charge in [-0.1, -0.05) is 0 Å². The van der Waals surface area contributed by atoms with Crippen molar-refractivity contribution in [1.29, 1.82) is 0 Å². The van der Waals surface area contributed by atoms with E-state index in [2.05, 4.69) is 31.2 Å². The van der Waals surface area contributed by atoms with Crippen molar-refractivity contribution in [3.8, 4) is 0 Å². The van der Waals surface area contributed by atoms with E-state index in [1.807, 2.05) is 36.3 Å². The topological polar surface area (TPSA) is 52.0 Å². The van der Waals surface area contributed by atoms with Crippen LogP contribution in [0.15, 0.2) is 35.3 Å². The predicted octanol–water partition coefficient (Wildman–Crippen LogP) is 2.77. The molecule has 3 rings (SSSR count). The largest absolute Gasteiger partial charge is 0.383 e. The van der Waals surface area contributed by atoms with Crippen LogP contribution in [0, 0.1) is 5.92 Å². The Balaban J connectivity index is 1.66. The van der Waals surface area contributed by atoms with Crippen LogP contribution in [0.1, 0.15) is 18.3 Å². The summed E-state index contributed by atoms with van der Waals surface area (Å²) in [5, 5.41) is 3.43. The Morgan fingerprint density at radius 2 is 2.40 bits per heavy atom. The summed E-state index contributed by atoms with van der Waals surface area (Å²) in [5.74, 6) is 1.43. The van der Waals surface area contributed by atoms with Crippen LogP contribution in [-0.4, -0.2) is 27.7 Å². The molecule has 3 heterocycles. The molecule has 2 aromatic heterocycles. The van der Waals surface area contributed by atoms with Crippen LogP contribution < -0.4 is 5.32 Å². The van der Waals surface area contributed by atoms with Gasteiger partial charge in [-0.25, -0.2) is 4.98 Å². The number of pyridine rings is 1. The van der Waals surface area contributed by atoms with E-state index in [-0.39, 0.29) is 6.10 Å². The first-order valence-corrected chi connectivity index (χ1v) is 7.46. The first kappa shape index (κ1) is 13.6. The van der Waals surface area contributed by atoms with E-state index < -0.39 is 0 Å². The molecule has 2 atom stereocenters. The molecular weight excluding hydrogens is 320 g/mol. The van der Waals surface area contributed by atoms with Crippen molar-refractivity contribution in [3.05, 3.63) is 41.2 Å². The SMILES string of the molecule is Cn1ccnc1[C@@H]1OCC[C@H]1CNc1cncc(Br)c1. The van der Waals surface area contributed by atoms with Crippen LogP contribution in [0.3, 0.4) is 0 Å². The molecule has 0 amide bonds. The van der Waals surface area contributed by atoms with Gasteiger partial charge in [-0.2, -0.15) is 0 Å². The molecule has 0 aliphatic carbocycles. The number of rotatable bonds is 4. The zero-order valence-corrected chi connectivity index (χ0v) is 12.9. The first-order chi connectivity index (χ1) is 9.74. The molecule has 106 valence electrons. The molecular formula is C14H17BrN4O. The summed E-state index contributed by atoms with van der Waals surface area (Å²) >= 11 is 3.43. The molecule has 0 radical (unpaired) electrons. The van der Waals surface area contributed by atoms with Crippen LogP contribution in [0.5, 0.6) is 0 Å². The highest BCUT2D eigenvalue weighted by Crippen LogP contribution is 2.33. The lowest BCUT2D eigenvalue weighted by atomic mass is 10.0. The number of nitrogens with zero attached hydrogens (tertiary/aromatic N) is 3. The van der Waals surface area contributed by atoms with E-state index in [1.165, 1.54) is 0 Å². The van der Waals surface area contributed by atoms with Crippen molar-refractivity contribution in [2.45, 2.75) is 12.5 Å². The Bertz CT molecular complexity index is 586. The van der Waals surface area contributed by atoms with Gasteiger partial charge in [0.05, 0.1) is 11.9 Å². The first-order valence-electron chi connectivity index (χ1n) is 6.67. The van der Waals surface area contributed by atoms with Crippen LogP contribution >= 0.6 is 15.9 Å². The van der Waals surface area contributed by atoms with E-state index in [0.717, 1.165) is 35.6 Å². The van der Waals surface area contributed by atoms with Crippen molar-refractivity contribution >= 4 is 21.6 Å². The second-order valence-electron chi connectivity index (χ2n) is 5.01. The van der Waals surface area contributed by atoms with Crippen LogP contribution in [0.4, 0.5) is 5.69 Å². The van der Waals surface area contributed by atoms with Gasteiger partial charge in [-0.15, -0.1) is 0 Å². The van der Waals surface area contributed by atoms with Gasteiger partial charge in [0.15, 0.2) is 0 Å². The van der Waals surface area contributed by atoms with Crippen LogP contribution in [0.25, 0.3) is 0 Å². The maximum absolute atomic E-state index is 5.85. The Morgan fingerprint density at radius 3 is 3.15 bits per heavy atom. The van der Waals surface area contributed by atoms with E-state index in [1.54, 1.807) is 6.20 Å². The predicted molar refractivity (Wildman–Crippen MR) is 80.4 cm³/mol. The molecule has 0 unspecified atom stereocenters. The highest BCUT2D eigenvalue weighted by atomic mass is 79.9. The molecule has 1 saturated heterocycles. The molecule has 0 saturated carbocycles. The summed E-state index contributed by atoms with van der Waals surface area (Å²) < 4.78 is 8.86. The van der Waals surface area contributed by atoms with Gasteiger partial charge in [0.2, 0.25) is 0 Å². The number of halogens is 1. The van der Waals surface area contributed by atoms with Gasteiger partial charge in [0.1, 0.15) is 11.9 Å². The summed E-state index contributed by atoms with van der Waals surface area (Å²) in [4.78, 5) is 8.56. The fraction of sp³-hybridized carbons (Fsp3) is 0.429. The number of hydrogen-bond acceptors (Lipinski definition) is 4. The van der Waals surface area contributed by atoms with Gasteiger partial charge >= 0.3 is 0 Å². The maximum Gasteiger partial charge on any atom is 0.138 e. The normalized spacial score (nSPS) is 22.1. The monoisotopic (exact) mass is 336 g/mol. The summed E-state index contributed by atoms with van der Waals surface area (Å²) in [6.45, 7) is 1.65. The standard InChI is InChI=1S/C14H17BrN4O/c1-19-4-3-17-14(19)13-10(2-5-20-13)7-18-12-6-11(15)8-16-9-12/h3-4,6,8-10,13,18H,2,5,7H2,1H3/t10-,13+/m0/s1. The van der Waals surface area contributed by atoms with E-state index in [0.29, 0.717) is 5.92 Å². The smallest absolute Gasteiger partial charge is 0.138 e. The van der Waals surface area contributed by atoms with E-state index in [9.17, 15) is 0 Å². The second-order valence-corrected chi connectivity index (χ2v) is 5.92. The Morgan fingerprint density at radius 1 is 1.50 bits per heavy atom. The minimum absolute atomic E-state index is 0.0719. The van der Waals surface area contributed by atoms with Gasteiger partial charge in [0.25, 0.3) is 0 Å². The fourth-order valence-electron chi connectivity index (χ4n) is 2.54. The summed E-state index contributed by atoms with van der Waals surface area (Å²) in [5.41, 5.74) is 1.02. The molecule has 5 nitrogen and oxygen atoms in total. The summed E-state index contributed by atoms with van der Waals surface area (Å²) in [7, 11) is 2.01. The van der Waals surface area contributed by atoms with Crippen molar-refractivity contribution in [2.24, 2.45) is 13.0 Å². The minimum Gasteiger partial charge on any atom is -0.383 e. The van der Waals surface area contributed by atoms with E-state index >= 15 is 0 Å². The molecule has 1 aliphatic heterocycles. The highest BCUT2D eigenvalue weighted by Gasteiger charge is 2.32. The number of aromatic nitrogens is 3. The molecule has 0 bridgehead atoms. The minimum atomic E-state index is 0.0719. The van der Waals surface area contributed by atoms with Gasteiger partial charge in [0, 0.05) is 49.2 Å². The zero-order chi connectivity index (χ0) is 13.9. The quantitative estimate of drug-likeness (QED) is 0.932. The van der Waals surface area contributed by atoms with Crippen LogP contribution in [0.2, 0.25) is 0 Å². The molecule has 20 heavy (non-hydrogen) atoms. The highest BCUT2D eigenvalue weighted by molar-refractivity contribution is 9.10. The van der Waals surface area contributed by atoms with E-state index in [4.69, 9.17) is 4.74 Å². The van der Waals surface area contributed by atoms with Gasteiger partial charge in [-0.3, -0.25) is 4.98 Å². The molecule has 1 aliphatic rings. The number of nitrogens with one attached hydrogen (secondary N) is 1. The lowest BCUT2D eigenvalue weighted by Crippen LogP contribution is -2.20. The second kappa shape index (κ2) is 5.93. The number of hydrogen-bond donors (Lipinski definition) is 1. The van der Waals surface area contributed by atoms with Gasteiger partial charge in [-0.05, 0) is 28.4 Å². The number of anilines is 1. The third-order valence-electron chi connectivity index (χ3n) is 3.60. The summed E-state index contributed by atoms with van der Waals surface area (Å²) in [6, 6.07) is 2.03. The third kappa shape index (κ3) is 2.86. The van der Waals surface area contributed by atoms with Crippen molar-refractivity contribution in [2.75, 3.05) is 18.5 Å². The maximum atomic E-state index is 5.85. The third-order valence-corrected chi connectivity index (χ3v) is 4.03. The Labute approximate surface area is 126 Å². The molecule has 1 N–H and O–H groups in total. The average Bonchev–Trinajstić information content (AvgIpc) is 3.04. The Kier molecular flexibility index (Phi) is 4.03. The molecule has 1 fully saturated rings. The lowest BCUT2D eigenvalue weighted by molar-refractivity contribution is 0.0839. The van der Waals surface area contributed by atoms with Crippen LogP contribution in [-0.2, 0) is 11.8 Å². The fourth-order valence-corrected chi connectivity index (χ4v) is 2.90. The average molecular weight is 337 g/mol. The van der Waals surface area contributed by atoms with Crippen molar-refractivity contribution in [3.63, 3.8) is 0 Å². The lowest BCUT2D eigenvalue weighted by Gasteiger charge is -2.19. The van der Waals surface area contributed by atoms with Gasteiger partial charge < -0.3 is 14.6 Å². The van der Waals surface area contributed by atoms with Crippen molar-refractivity contribution < 1.29 is 4.74 Å². The number of aryl methyl sites for hydroxylation is 1. The molecule has 0 aromatic carbocycles. The summed E-state index contributed by atoms with van der Waals surface area (Å²) in [6.07, 6.45) is 8.50. The number of ether oxygens (including phenoxy) is 1. The number of imidazole rings is 1. The Hall–Kier alpha value is -1.40. The molecule has 0 spiro atoms. The zero-order valence-electron chi connectivity index (χ0n) is 11.3. The van der Waals surface area contributed by atoms with Crippen molar-refractivity contribution in [1.82, 2.24) is 14.5 Å². The molecule has 6 heteroatoms. The molecule has 2 aromatic rings.